The van der Waals surface area contributed by atoms with Gasteiger partial charge in [0, 0.05) is 17.2 Å². The molecule has 2 heterocycles. The van der Waals surface area contributed by atoms with E-state index in [0.29, 0.717) is 13.0 Å². The van der Waals surface area contributed by atoms with E-state index in [0.717, 1.165) is 25.0 Å². The number of carbonyl (C=O) groups is 2. The van der Waals surface area contributed by atoms with Crippen LogP contribution >= 0.6 is 11.8 Å². The van der Waals surface area contributed by atoms with Crippen molar-refractivity contribution in [2.75, 3.05) is 12.3 Å². The maximum absolute atomic E-state index is 12.2. The number of fused-ring (bicyclic) bond motifs is 1. The van der Waals surface area contributed by atoms with Crippen LogP contribution in [0, 0.1) is 0 Å². The van der Waals surface area contributed by atoms with Crippen LogP contribution in [0.1, 0.15) is 37.3 Å². The molecule has 0 spiro atoms. The number of urea groups is 1. The van der Waals surface area contributed by atoms with E-state index >= 15 is 0 Å². The molecule has 0 aromatic heterocycles. The first kappa shape index (κ1) is 15.2. The Labute approximate surface area is 134 Å². The number of benzene rings is 1. The average molecular weight is 319 g/mol. The van der Waals surface area contributed by atoms with Gasteiger partial charge in [0.1, 0.15) is 6.04 Å². The van der Waals surface area contributed by atoms with Crippen LogP contribution < -0.4 is 16.0 Å². The van der Waals surface area contributed by atoms with Crippen LogP contribution in [0.5, 0.6) is 0 Å². The number of hydrogen-bond acceptors (Lipinski definition) is 3. The fourth-order valence-electron chi connectivity index (χ4n) is 2.93. The van der Waals surface area contributed by atoms with E-state index in [1.54, 1.807) is 0 Å². The molecule has 3 rings (SSSR count). The van der Waals surface area contributed by atoms with Crippen molar-refractivity contribution in [1.82, 2.24) is 16.0 Å². The van der Waals surface area contributed by atoms with Crippen LogP contribution in [0.4, 0.5) is 4.79 Å². The van der Waals surface area contributed by atoms with Gasteiger partial charge in [-0.1, -0.05) is 18.2 Å². The number of rotatable bonds is 2. The predicted octanol–water partition coefficient (Wildman–Crippen LogP) is 2.19. The predicted molar refractivity (Wildman–Crippen MR) is 86.8 cm³/mol. The molecule has 0 radical (unpaired) electrons. The number of hydrogen-bond donors (Lipinski definition) is 3. The zero-order valence-electron chi connectivity index (χ0n) is 12.4. The lowest BCUT2D eigenvalue weighted by Crippen LogP contribution is -2.50. The van der Waals surface area contributed by atoms with Crippen molar-refractivity contribution >= 4 is 23.7 Å². The van der Waals surface area contributed by atoms with Crippen LogP contribution in [-0.2, 0) is 4.79 Å². The fraction of sp³-hybridized carbons (Fsp3) is 0.500. The normalized spacial score (nSPS) is 24.6. The molecule has 3 amide bonds. The molecule has 0 unspecified atom stereocenters. The summed E-state index contributed by atoms with van der Waals surface area (Å²) in [5.41, 5.74) is 1.17. The quantitative estimate of drug-likeness (QED) is 0.782. The van der Waals surface area contributed by atoms with E-state index in [9.17, 15) is 9.59 Å². The van der Waals surface area contributed by atoms with Gasteiger partial charge in [0.15, 0.2) is 0 Å². The lowest BCUT2D eigenvalue weighted by Gasteiger charge is -2.26. The molecule has 6 heteroatoms. The Kier molecular flexibility index (Phi) is 4.87. The highest BCUT2D eigenvalue weighted by Crippen LogP contribution is 2.35. The minimum atomic E-state index is -0.421. The topological polar surface area (TPSA) is 70.2 Å². The van der Waals surface area contributed by atoms with E-state index in [-0.39, 0.29) is 18.0 Å². The van der Waals surface area contributed by atoms with Crippen molar-refractivity contribution in [2.24, 2.45) is 0 Å². The molecular weight excluding hydrogens is 298 g/mol. The zero-order valence-corrected chi connectivity index (χ0v) is 13.2. The first-order chi connectivity index (χ1) is 10.7. The molecule has 1 saturated heterocycles. The van der Waals surface area contributed by atoms with E-state index in [1.165, 1.54) is 10.5 Å². The smallest absolute Gasteiger partial charge is 0.315 e. The summed E-state index contributed by atoms with van der Waals surface area (Å²) in [6, 6.07) is 7.51. The monoisotopic (exact) mass is 319 g/mol. The largest absolute Gasteiger partial charge is 0.354 e. The van der Waals surface area contributed by atoms with Gasteiger partial charge in [-0.05, 0) is 37.3 Å². The molecule has 0 aliphatic carbocycles. The summed E-state index contributed by atoms with van der Waals surface area (Å²) in [7, 11) is 0. The molecule has 2 aliphatic heterocycles. The standard InChI is InChI=1S/C16H21N3O2S/c20-15-13(6-3-4-9-17-15)19-16(21)18-12-8-10-22-14-7-2-1-5-11(12)14/h1-2,5,7,12-13H,3-4,6,8-10H2,(H,17,20)(H2,18,19,21)/t12-,13-/m1/s1. The first-order valence-electron chi connectivity index (χ1n) is 7.80. The summed E-state index contributed by atoms with van der Waals surface area (Å²) >= 11 is 1.82. The fourth-order valence-corrected chi connectivity index (χ4v) is 4.05. The Morgan fingerprint density at radius 1 is 1.14 bits per heavy atom. The van der Waals surface area contributed by atoms with E-state index in [1.807, 2.05) is 23.9 Å². The van der Waals surface area contributed by atoms with Gasteiger partial charge in [-0.15, -0.1) is 11.8 Å². The van der Waals surface area contributed by atoms with Crippen LogP contribution in [-0.4, -0.2) is 30.3 Å². The van der Waals surface area contributed by atoms with Crippen molar-refractivity contribution in [3.63, 3.8) is 0 Å². The minimum Gasteiger partial charge on any atom is -0.354 e. The van der Waals surface area contributed by atoms with Crippen molar-refractivity contribution in [3.05, 3.63) is 29.8 Å². The maximum Gasteiger partial charge on any atom is 0.315 e. The molecule has 22 heavy (non-hydrogen) atoms. The van der Waals surface area contributed by atoms with Gasteiger partial charge in [-0.2, -0.15) is 0 Å². The van der Waals surface area contributed by atoms with Gasteiger partial charge >= 0.3 is 6.03 Å². The maximum atomic E-state index is 12.2. The third-order valence-corrected chi connectivity index (χ3v) is 5.23. The second-order valence-electron chi connectivity index (χ2n) is 5.68. The summed E-state index contributed by atoms with van der Waals surface area (Å²) in [4.78, 5) is 25.3. The van der Waals surface area contributed by atoms with E-state index < -0.39 is 6.04 Å². The lowest BCUT2D eigenvalue weighted by atomic mass is 10.0. The van der Waals surface area contributed by atoms with Gasteiger partial charge in [0.2, 0.25) is 5.91 Å². The number of thioether (sulfide) groups is 1. The molecule has 1 fully saturated rings. The van der Waals surface area contributed by atoms with Gasteiger partial charge in [-0.25, -0.2) is 4.79 Å². The summed E-state index contributed by atoms with van der Waals surface area (Å²) in [5.74, 6) is 0.915. The molecule has 3 N–H and O–H groups in total. The van der Waals surface area contributed by atoms with Crippen LogP contribution in [0.15, 0.2) is 29.2 Å². The van der Waals surface area contributed by atoms with Crippen molar-refractivity contribution in [3.8, 4) is 0 Å². The Morgan fingerprint density at radius 3 is 2.86 bits per heavy atom. The van der Waals surface area contributed by atoms with Crippen molar-refractivity contribution < 1.29 is 9.59 Å². The Hall–Kier alpha value is -1.69. The van der Waals surface area contributed by atoms with Crippen molar-refractivity contribution in [2.45, 2.75) is 42.7 Å². The first-order valence-corrected chi connectivity index (χ1v) is 8.79. The average Bonchev–Trinajstić information content (AvgIpc) is 2.73. The van der Waals surface area contributed by atoms with Gasteiger partial charge in [0.05, 0.1) is 6.04 Å². The second kappa shape index (κ2) is 7.05. The molecule has 0 saturated carbocycles. The SMILES string of the molecule is O=C(N[C@@H]1CCCCNC1=O)N[C@@H]1CCSc2ccccc21. The number of carbonyl (C=O) groups excluding carboxylic acids is 2. The summed E-state index contributed by atoms with van der Waals surface area (Å²) in [5, 5.41) is 8.67. The third kappa shape index (κ3) is 3.55. The molecular formula is C16H21N3O2S. The highest BCUT2D eigenvalue weighted by molar-refractivity contribution is 7.99. The Bertz CT molecular complexity index is 564. The van der Waals surface area contributed by atoms with Crippen LogP contribution in [0.3, 0.4) is 0 Å². The number of nitrogens with one attached hydrogen (secondary N) is 3. The summed E-state index contributed by atoms with van der Waals surface area (Å²) in [6.45, 7) is 0.700. The molecule has 5 nitrogen and oxygen atoms in total. The second-order valence-corrected chi connectivity index (χ2v) is 6.82. The molecule has 1 aromatic carbocycles. The van der Waals surface area contributed by atoms with Gasteiger partial charge in [0.25, 0.3) is 0 Å². The molecule has 2 atom stereocenters. The highest BCUT2D eigenvalue weighted by Gasteiger charge is 2.25. The van der Waals surface area contributed by atoms with E-state index in [4.69, 9.17) is 0 Å². The van der Waals surface area contributed by atoms with E-state index in [2.05, 4.69) is 28.1 Å². The minimum absolute atomic E-state index is 0.0197. The third-order valence-electron chi connectivity index (χ3n) is 4.10. The molecule has 1 aromatic rings. The molecule has 118 valence electrons. The Balaban J connectivity index is 1.61. The van der Waals surface area contributed by atoms with Crippen LogP contribution in [0.25, 0.3) is 0 Å². The van der Waals surface area contributed by atoms with Gasteiger partial charge in [-0.3, -0.25) is 4.79 Å². The zero-order chi connectivity index (χ0) is 15.4. The van der Waals surface area contributed by atoms with Gasteiger partial charge < -0.3 is 16.0 Å². The number of amides is 3. The summed E-state index contributed by atoms with van der Waals surface area (Å²) < 4.78 is 0. The highest BCUT2D eigenvalue weighted by atomic mass is 32.2. The molecule has 2 aliphatic rings. The van der Waals surface area contributed by atoms with Crippen molar-refractivity contribution in [1.29, 1.82) is 0 Å². The lowest BCUT2D eigenvalue weighted by molar-refractivity contribution is -0.122. The summed E-state index contributed by atoms with van der Waals surface area (Å²) in [6.07, 6.45) is 3.54. The molecule has 0 bridgehead atoms. The Morgan fingerprint density at radius 2 is 1.95 bits per heavy atom. The van der Waals surface area contributed by atoms with Crippen LogP contribution in [0.2, 0.25) is 0 Å².